The van der Waals surface area contributed by atoms with Crippen LogP contribution in [0.2, 0.25) is 0 Å². The predicted octanol–water partition coefficient (Wildman–Crippen LogP) is 1.75. The summed E-state index contributed by atoms with van der Waals surface area (Å²) >= 11 is 0. The van der Waals surface area contributed by atoms with Crippen molar-refractivity contribution in [3.05, 3.63) is 35.1 Å². The molecule has 0 fully saturated rings. The second-order valence-electron chi connectivity index (χ2n) is 3.39. The van der Waals surface area contributed by atoms with Gasteiger partial charge in [0.25, 0.3) is 0 Å². The number of hydrogen-bond donors (Lipinski definition) is 1. The average molecular weight is 213 g/mol. The molecule has 0 saturated carbocycles. The van der Waals surface area contributed by atoms with Crippen LogP contribution in [-0.2, 0) is 9.47 Å². The van der Waals surface area contributed by atoms with Crippen LogP contribution >= 0.6 is 0 Å². The molecule has 0 amide bonds. The third-order valence-electron chi connectivity index (χ3n) is 2.27. The lowest BCUT2D eigenvalue weighted by atomic mass is 10.0. The quantitative estimate of drug-likeness (QED) is 0.775. The highest BCUT2D eigenvalue weighted by atomic mass is 19.1. The Kier molecular flexibility index (Phi) is 4.20. The summed E-state index contributed by atoms with van der Waals surface area (Å²) in [7, 11) is 2.95. The van der Waals surface area contributed by atoms with Crippen molar-refractivity contribution in [1.82, 2.24) is 0 Å². The molecular formula is C11H16FNO2. The SMILES string of the molecule is COC(OC)C(N)c1cc(C)ccc1F. The lowest BCUT2D eigenvalue weighted by Crippen LogP contribution is -2.30. The van der Waals surface area contributed by atoms with E-state index >= 15 is 0 Å². The molecule has 2 N–H and O–H groups in total. The summed E-state index contributed by atoms with van der Waals surface area (Å²) in [6, 6.07) is 4.16. The van der Waals surface area contributed by atoms with Gasteiger partial charge in [0.1, 0.15) is 5.82 Å². The van der Waals surface area contributed by atoms with E-state index in [1.165, 1.54) is 20.3 Å². The molecule has 0 saturated heterocycles. The van der Waals surface area contributed by atoms with Crippen molar-refractivity contribution in [2.75, 3.05) is 14.2 Å². The van der Waals surface area contributed by atoms with Gasteiger partial charge in [-0.25, -0.2) is 4.39 Å². The molecule has 0 heterocycles. The lowest BCUT2D eigenvalue weighted by molar-refractivity contribution is -0.117. The van der Waals surface area contributed by atoms with Gasteiger partial charge in [-0.05, 0) is 13.0 Å². The summed E-state index contributed by atoms with van der Waals surface area (Å²) in [6.07, 6.45) is -0.638. The highest BCUT2D eigenvalue weighted by Crippen LogP contribution is 2.21. The second-order valence-corrected chi connectivity index (χ2v) is 3.39. The zero-order chi connectivity index (χ0) is 11.4. The molecule has 0 radical (unpaired) electrons. The number of hydrogen-bond acceptors (Lipinski definition) is 3. The van der Waals surface area contributed by atoms with Crippen molar-refractivity contribution in [2.24, 2.45) is 5.73 Å². The Balaban J connectivity index is 2.98. The van der Waals surface area contributed by atoms with E-state index in [1.807, 2.05) is 6.92 Å². The largest absolute Gasteiger partial charge is 0.354 e. The van der Waals surface area contributed by atoms with Crippen LogP contribution in [-0.4, -0.2) is 20.5 Å². The molecule has 0 aromatic heterocycles. The average Bonchev–Trinajstić information content (AvgIpc) is 2.23. The number of rotatable bonds is 4. The highest BCUT2D eigenvalue weighted by molar-refractivity contribution is 5.27. The van der Waals surface area contributed by atoms with Crippen LogP contribution < -0.4 is 5.73 Å². The molecule has 0 aliphatic heterocycles. The van der Waals surface area contributed by atoms with Crippen LogP contribution in [0, 0.1) is 12.7 Å². The topological polar surface area (TPSA) is 44.5 Å². The van der Waals surface area contributed by atoms with Crippen molar-refractivity contribution in [1.29, 1.82) is 0 Å². The van der Waals surface area contributed by atoms with Crippen LogP contribution in [0.1, 0.15) is 17.2 Å². The monoisotopic (exact) mass is 213 g/mol. The van der Waals surface area contributed by atoms with Gasteiger partial charge in [0.15, 0.2) is 6.29 Å². The molecule has 1 unspecified atom stereocenters. The molecule has 1 aromatic rings. The zero-order valence-electron chi connectivity index (χ0n) is 9.16. The van der Waals surface area contributed by atoms with Gasteiger partial charge >= 0.3 is 0 Å². The van der Waals surface area contributed by atoms with Crippen molar-refractivity contribution < 1.29 is 13.9 Å². The van der Waals surface area contributed by atoms with E-state index < -0.39 is 12.3 Å². The number of nitrogens with two attached hydrogens (primary N) is 1. The summed E-state index contributed by atoms with van der Waals surface area (Å²) in [5, 5.41) is 0. The normalized spacial score (nSPS) is 13.2. The Hall–Kier alpha value is -0.970. The number of aryl methyl sites for hydroxylation is 1. The molecule has 1 rings (SSSR count). The number of ether oxygens (including phenoxy) is 2. The van der Waals surface area contributed by atoms with E-state index in [1.54, 1.807) is 12.1 Å². The minimum absolute atomic E-state index is 0.341. The fourth-order valence-corrected chi connectivity index (χ4v) is 1.45. The van der Waals surface area contributed by atoms with E-state index in [9.17, 15) is 4.39 Å². The van der Waals surface area contributed by atoms with Gasteiger partial charge in [0.05, 0.1) is 6.04 Å². The van der Waals surface area contributed by atoms with Gasteiger partial charge < -0.3 is 15.2 Å². The van der Waals surface area contributed by atoms with E-state index in [-0.39, 0.29) is 5.82 Å². The molecular weight excluding hydrogens is 197 g/mol. The van der Waals surface area contributed by atoms with E-state index in [0.29, 0.717) is 5.56 Å². The molecule has 4 heteroatoms. The van der Waals surface area contributed by atoms with Gasteiger partial charge in [-0.3, -0.25) is 0 Å². The molecule has 1 aromatic carbocycles. The Morgan fingerprint density at radius 1 is 1.27 bits per heavy atom. The third-order valence-corrected chi connectivity index (χ3v) is 2.27. The van der Waals surface area contributed by atoms with E-state index in [0.717, 1.165) is 5.56 Å². The van der Waals surface area contributed by atoms with Gasteiger partial charge in [-0.2, -0.15) is 0 Å². The highest BCUT2D eigenvalue weighted by Gasteiger charge is 2.21. The summed E-state index contributed by atoms with van der Waals surface area (Å²) in [6.45, 7) is 1.88. The van der Waals surface area contributed by atoms with Gasteiger partial charge in [-0.1, -0.05) is 17.7 Å². The van der Waals surface area contributed by atoms with Gasteiger partial charge in [-0.15, -0.1) is 0 Å². The Bertz CT molecular complexity index is 326. The lowest BCUT2D eigenvalue weighted by Gasteiger charge is -2.21. The van der Waals surface area contributed by atoms with Crippen LogP contribution in [0.15, 0.2) is 18.2 Å². The predicted molar refractivity (Wildman–Crippen MR) is 55.9 cm³/mol. The first-order valence-corrected chi connectivity index (χ1v) is 4.67. The first-order valence-electron chi connectivity index (χ1n) is 4.67. The molecule has 0 spiro atoms. The fourth-order valence-electron chi connectivity index (χ4n) is 1.45. The Morgan fingerprint density at radius 3 is 2.40 bits per heavy atom. The van der Waals surface area contributed by atoms with Crippen LogP contribution in [0.4, 0.5) is 4.39 Å². The minimum Gasteiger partial charge on any atom is -0.354 e. The number of halogens is 1. The molecule has 15 heavy (non-hydrogen) atoms. The summed E-state index contributed by atoms with van der Waals surface area (Å²) < 4.78 is 23.5. The summed E-state index contributed by atoms with van der Waals surface area (Å²) in [4.78, 5) is 0. The Morgan fingerprint density at radius 2 is 1.87 bits per heavy atom. The molecule has 84 valence electrons. The first-order chi connectivity index (χ1) is 7.10. The maximum atomic E-state index is 13.5. The third kappa shape index (κ3) is 2.75. The van der Waals surface area contributed by atoms with Crippen LogP contribution in [0.5, 0.6) is 0 Å². The van der Waals surface area contributed by atoms with Crippen molar-refractivity contribution in [2.45, 2.75) is 19.3 Å². The van der Waals surface area contributed by atoms with E-state index in [2.05, 4.69) is 0 Å². The molecule has 3 nitrogen and oxygen atoms in total. The maximum Gasteiger partial charge on any atom is 0.176 e. The first kappa shape index (κ1) is 12.1. The summed E-state index contributed by atoms with van der Waals surface area (Å²) in [5.41, 5.74) is 7.20. The Labute approximate surface area is 89.0 Å². The number of methoxy groups -OCH3 is 2. The van der Waals surface area contributed by atoms with E-state index in [4.69, 9.17) is 15.2 Å². The molecule has 0 aliphatic carbocycles. The van der Waals surface area contributed by atoms with Crippen molar-refractivity contribution >= 4 is 0 Å². The fraction of sp³-hybridized carbons (Fsp3) is 0.455. The van der Waals surface area contributed by atoms with Gasteiger partial charge in [0, 0.05) is 19.8 Å². The smallest absolute Gasteiger partial charge is 0.176 e. The molecule has 0 aliphatic rings. The van der Waals surface area contributed by atoms with Gasteiger partial charge in [0.2, 0.25) is 0 Å². The zero-order valence-corrected chi connectivity index (χ0v) is 9.16. The maximum absolute atomic E-state index is 13.5. The molecule has 1 atom stereocenters. The minimum atomic E-state index is -0.638. The van der Waals surface area contributed by atoms with Crippen LogP contribution in [0.3, 0.4) is 0 Å². The summed E-state index contributed by atoms with van der Waals surface area (Å²) in [5.74, 6) is -0.341. The van der Waals surface area contributed by atoms with Crippen LogP contribution in [0.25, 0.3) is 0 Å². The number of benzene rings is 1. The standard InChI is InChI=1S/C11H16FNO2/c1-7-4-5-9(12)8(6-7)10(13)11(14-2)15-3/h4-6,10-11H,13H2,1-3H3. The van der Waals surface area contributed by atoms with Crippen molar-refractivity contribution in [3.8, 4) is 0 Å². The molecule has 0 bridgehead atoms. The second kappa shape index (κ2) is 5.21. The van der Waals surface area contributed by atoms with Crippen molar-refractivity contribution in [3.63, 3.8) is 0 Å².